The molecule has 0 aromatic heterocycles. The Labute approximate surface area is 199 Å². The standard InChI is InChI=1S/C28H27N3O3/c1-19-6-5-8-24(20(19)2)30-14-16-31(17-15-30)28(33)22-12-10-21(11-13-22)18-26-27(32)29-23-7-3-4-9-25(23)34-26/h3-13,18H,14-17H2,1-2H3,(H,29,32)/b26-18-. The number of anilines is 2. The quantitative estimate of drug-likeness (QED) is 0.587. The molecule has 1 fully saturated rings. The second-order valence-corrected chi connectivity index (χ2v) is 8.68. The molecule has 3 aromatic rings. The van der Waals surface area contributed by atoms with E-state index < -0.39 is 0 Å². The molecule has 0 unspecified atom stereocenters. The highest BCUT2D eigenvalue weighted by molar-refractivity contribution is 6.08. The van der Waals surface area contributed by atoms with Gasteiger partial charge >= 0.3 is 0 Å². The average molecular weight is 454 g/mol. The van der Waals surface area contributed by atoms with E-state index in [2.05, 4.69) is 42.3 Å². The number of fused-ring (bicyclic) bond motifs is 1. The zero-order chi connectivity index (χ0) is 23.7. The Hall–Kier alpha value is -4.06. The minimum atomic E-state index is -0.291. The monoisotopic (exact) mass is 453 g/mol. The Morgan fingerprint density at radius 3 is 2.41 bits per heavy atom. The fraction of sp³-hybridized carbons (Fsp3) is 0.214. The van der Waals surface area contributed by atoms with Gasteiger partial charge in [0.05, 0.1) is 5.69 Å². The molecule has 1 N–H and O–H groups in total. The third-order valence-corrected chi connectivity index (χ3v) is 6.52. The Morgan fingerprint density at radius 2 is 1.65 bits per heavy atom. The van der Waals surface area contributed by atoms with Crippen LogP contribution in [0.4, 0.5) is 11.4 Å². The molecule has 6 nitrogen and oxygen atoms in total. The van der Waals surface area contributed by atoms with Crippen LogP contribution in [0.5, 0.6) is 5.75 Å². The third-order valence-electron chi connectivity index (χ3n) is 6.52. The smallest absolute Gasteiger partial charge is 0.291 e. The van der Waals surface area contributed by atoms with Gasteiger partial charge in [-0.1, -0.05) is 36.4 Å². The van der Waals surface area contributed by atoms with Gasteiger partial charge in [-0.05, 0) is 66.9 Å². The lowest BCUT2D eigenvalue weighted by atomic mass is 10.1. The van der Waals surface area contributed by atoms with Crippen molar-refractivity contribution in [2.45, 2.75) is 13.8 Å². The first-order valence-corrected chi connectivity index (χ1v) is 11.5. The van der Waals surface area contributed by atoms with Crippen LogP contribution in [0.15, 0.2) is 72.5 Å². The number of carbonyl (C=O) groups excluding carboxylic acids is 2. The number of hydrogen-bond donors (Lipinski definition) is 1. The number of para-hydroxylation sites is 2. The summed E-state index contributed by atoms with van der Waals surface area (Å²) in [6, 6.07) is 21.0. The zero-order valence-electron chi connectivity index (χ0n) is 19.4. The summed E-state index contributed by atoms with van der Waals surface area (Å²) in [5.74, 6) is 0.571. The number of nitrogens with one attached hydrogen (secondary N) is 1. The minimum Gasteiger partial charge on any atom is -0.449 e. The fourth-order valence-electron chi connectivity index (χ4n) is 4.39. The van der Waals surface area contributed by atoms with E-state index in [1.165, 1.54) is 16.8 Å². The fourth-order valence-corrected chi connectivity index (χ4v) is 4.39. The number of ether oxygens (including phenoxy) is 1. The van der Waals surface area contributed by atoms with Gasteiger partial charge in [-0.25, -0.2) is 0 Å². The molecular weight excluding hydrogens is 426 g/mol. The first-order chi connectivity index (χ1) is 16.5. The number of piperazine rings is 1. The van der Waals surface area contributed by atoms with Crippen molar-refractivity contribution in [3.8, 4) is 5.75 Å². The molecule has 2 aliphatic rings. The van der Waals surface area contributed by atoms with E-state index in [4.69, 9.17) is 4.74 Å². The summed E-state index contributed by atoms with van der Waals surface area (Å²) in [5.41, 5.74) is 5.92. The predicted molar refractivity (Wildman–Crippen MR) is 134 cm³/mol. The van der Waals surface area contributed by atoms with E-state index in [1.54, 1.807) is 24.3 Å². The number of nitrogens with zero attached hydrogens (tertiary/aromatic N) is 2. The lowest BCUT2D eigenvalue weighted by Crippen LogP contribution is -2.49. The van der Waals surface area contributed by atoms with Gasteiger partial charge in [0.1, 0.15) is 0 Å². The largest absolute Gasteiger partial charge is 0.449 e. The maximum absolute atomic E-state index is 13.1. The van der Waals surface area contributed by atoms with Gasteiger partial charge in [-0.2, -0.15) is 0 Å². The molecular formula is C28H27N3O3. The van der Waals surface area contributed by atoms with Crippen molar-refractivity contribution in [3.05, 3.63) is 94.7 Å². The Kier molecular flexibility index (Phi) is 5.80. The molecule has 6 heteroatoms. The van der Waals surface area contributed by atoms with Gasteiger partial charge < -0.3 is 19.9 Å². The first kappa shape index (κ1) is 21.8. The van der Waals surface area contributed by atoms with Gasteiger partial charge in [0.15, 0.2) is 11.5 Å². The topological polar surface area (TPSA) is 61.9 Å². The first-order valence-electron chi connectivity index (χ1n) is 11.5. The zero-order valence-corrected chi connectivity index (χ0v) is 19.4. The molecule has 1 saturated heterocycles. The highest BCUT2D eigenvalue weighted by Gasteiger charge is 2.24. The molecule has 34 heavy (non-hydrogen) atoms. The SMILES string of the molecule is Cc1cccc(N2CCN(C(=O)c3ccc(/C=C4\Oc5ccccc5NC4=O)cc3)CC2)c1C. The molecule has 0 atom stereocenters. The van der Waals surface area contributed by atoms with Crippen LogP contribution in [-0.4, -0.2) is 42.9 Å². The maximum atomic E-state index is 13.1. The molecule has 0 saturated carbocycles. The lowest BCUT2D eigenvalue weighted by molar-refractivity contribution is -0.115. The lowest BCUT2D eigenvalue weighted by Gasteiger charge is -2.37. The summed E-state index contributed by atoms with van der Waals surface area (Å²) in [6.45, 7) is 7.28. The van der Waals surface area contributed by atoms with Crippen molar-refractivity contribution in [3.63, 3.8) is 0 Å². The van der Waals surface area contributed by atoms with Gasteiger partial charge in [0.25, 0.3) is 11.8 Å². The highest BCUT2D eigenvalue weighted by Crippen LogP contribution is 2.31. The number of aryl methyl sites for hydroxylation is 1. The van der Waals surface area contributed by atoms with Crippen molar-refractivity contribution in [1.82, 2.24) is 4.90 Å². The molecule has 0 spiro atoms. The van der Waals surface area contributed by atoms with E-state index in [0.717, 1.165) is 18.7 Å². The number of hydrogen-bond acceptors (Lipinski definition) is 4. The third kappa shape index (κ3) is 4.27. The predicted octanol–water partition coefficient (Wildman–Crippen LogP) is 4.64. The maximum Gasteiger partial charge on any atom is 0.291 e. The minimum absolute atomic E-state index is 0.0282. The van der Waals surface area contributed by atoms with E-state index in [1.807, 2.05) is 35.2 Å². The number of rotatable bonds is 3. The molecule has 5 rings (SSSR count). The molecule has 2 heterocycles. The second kappa shape index (κ2) is 9.06. The van der Waals surface area contributed by atoms with Gasteiger partial charge in [0, 0.05) is 37.4 Å². The summed E-state index contributed by atoms with van der Waals surface area (Å²) in [4.78, 5) is 29.7. The molecule has 0 radical (unpaired) electrons. The van der Waals surface area contributed by atoms with Crippen LogP contribution >= 0.6 is 0 Å². The van der Waals surface area contributed by atoms with Gasteiger partial charge in [0.2, 0.25) is 0 Å². The van der Waals surface area contributed by atoms with Crippen LogP contribution in [0, 0.1) is 13.8 Å². The van der Waals surface area contributed by atoms with Crippen LogP contribution in [0.2, 0.25) is 0 Å². The van der Waals surface area contributed by atoms with E-state index in [-0.39, 0.29) is 17.6 Å². The Bertz CT molecular complexity index is 1270. The van der Waals surface area contributed by atoms with Crippen molar-refractivity contribution < 1.29 is 14.3 Å². The molecule has 2 aliphatic heterocycles. The number of benzene rings is 3. The van der Waals surface area contributed by atoms with Crippen molar-refractivity contribution >= 4 is 29.3 Å². The number of carbonyl (C=O) groups is 2. The van der Waals surface area contributed by atoms with Crippen LogP contribution in [0.3, 0.4) is 0 Å². The molecule has 2 amide bonds. The van der Waals surface area contributed by atoms with Crippen molar-refractivity contribution in [2.75, 3.05) is 36.4 Å². The summed E-state index contributed by atoms with van der Waals surface area (Å²) in [6.07, 6.45) is 1.68. The second-order valence-electron chi connectivity index (χ2n) is 8.68. The molecule has 0 aliphatic carbocycles. The summed E-state index contributed by atoms with van der Waals surface area (Å²) < 4.78 is 5.75. The summed E-state index contributed by atoms with van der Waals surface area (Å²) in [7, 11) is 0. The van der Waals surface area contributed by atoms with E-state index in [0.29, 0.717) is 30.1 Å². The molecule has 3 aromatic carbocycles. The summed E-state index contributed by atoms with van der Waals surface area (Å²) in [5, 5.41) is 2.83. The van der Waals surface area contributed by atoms with Gasteiger partial charge in [-0.15, -0.1) is 0 Å². The van der Waals surface area contributed by atoms with Crippen molar-refractivity contribution in [1.29, 1.82) is 0 Å². The number of amides is 2. The van der Waals surface area contributed by atoms with E-state index >= 15 is 0 Å². The Morgan fingerprint density at radius 1 is 0.912 bits per heavy atom. The van der Waals surface area contributed by atoms with Crippen LogP contribution in [0.25, 0.3) is 6.08 Å². The normalized spacial score (nSPS) is 16.6. The van der Waals surface area contributed by atoms with Crippen molar-refractivity contribution in [2.24, 2.45) is 0 Å². The van der Waals surface area contributed by atoms with E-state index in [9.17, 15) is 9.59 Å². The Balaban J connectivity index is 1.24. The van der Waals surface area contributed by atoms with Crippen LogP contribution in [0.1, 0.15) is 27.0 Å². The average Bonchev–Trinajstić information content (AvgIpc) is 2.86. The molecule has 0 bridgehead atoms. The van der Waals surface area contributed by atoms with Crippen LogP contribution < -0.4 is 15.0 Å². The summed E-state index contributed by atoms with van der Waals surface area (Å²) >= 11 is 0. The molecule has 172 valence electrons. The van der Waals surface area contributed by atoms with Gasteiger partial charge in [-0.3, -0.25) is 9.59 Å². The van der Waals surface area contributed by atoms with Crippen LogP contribution in [-0.2, 0) is 4.79 Å². The highest BCUT2D eigenvalue weighted by atomic mass is 16.5.